The van der Waals surface area contributed by atoms with E-state index in [0.717, 1.165) is 0 Å². The Bertz CT molecular complexity index is 445. The summed E-state index contributed by atoms with van der Waals surface area (Å²) in [6.45, 7) is 0. The number of aliphatic imine (C=N–C) groups is 2. The number of carbonyl (C=O) groups excluding carboxylic acids is 1. The van der Waals surface area contributed by atoms with Gasteiger partial charge in [0.05, 0.1) is 18.6 Å². The van der Waals surface area contributed by atoms with Crippen LogP contribution in [0.5, 0.6) is 0 Å². The zero-order valence-corrected chi connectivity index (χ0v) is 10.5. The normalized spacial score (nSPS) is 44.6. The fourth-order valence-electron chi connectivity index (χ4n) is 2.40. The number of aliphatic hydroxyl groups is 2. The Labute approximate surface area is 113 Å². The van der Waals surface area contributed by atoms with Crippen LogP contribution in [0, 0.1) is 0 Å². The Morgan fingerprint density at radius 1 is 1.42 bits per heavy atom. The van der Waals surface area contributed by atoms with Gasteiger partial charge in [-0.05, 0) is 0 Å². The van der Waals surface area contributed by atoms with Crippen molar-refractivity contribution in [3.8, 4) is 0 Å². The van der Waals surface area contributed by atoms with Crippen LogP contribution < -0.4 is 5.32 Å². The summed E-state index contributed by atoms with van der Waals surface area (Å²) in [7, 11) is 0. The number of halogens is 1. The Morgan fingerprint density at radius 2 is 2.21 bits per heavy atom. The highest BCUT2D eigenvalue weighted by Crippen LogP contribution is 2.29. The van der Waals surface area contributed by atoms with Gasteiger partial charge in [-0.25, -0.2) is 4.99 Å². The van der Waals surface area contributed by atoms with Crippen LogP contribution >= 0.6 is 11.6 Å². The predicted octanol–water partition coefficient (Wildman–Crippen LogP) is -2.13. The van der Waals surface area contributed by atoms with Gasteiger partial charge < -0.3 is 25.2 Å². The summed E-state index contributed by atoms with van der Waals surface area (Å²) in [6.07, 6.45) is -1.53. The first-order chi connectivity index (χ1) is 9.13. The lowest BCUT2D eigenvalue weighted by atomic mass is 10.1. The molecule has 0 aromatic rings. The molecule has 3 aliphatic rings. The van der Waals surface area contributed by atoms with Crippen molar-refractivity contribution in [3.05, 3.63) is 0 Å². The Morgan fingerprint density at radius 3 is 2.89 bits per heavy atom. The van der Waals surface area contributed by atoms with Crippen molar-refractivity contribution in [1.82, 2.24) is 10.2 Å². The van der Waals surface area contributed by atoms with Crippen LogP contribution in [0.1, 0.15) is 0 Å². The van der Waals surface area contributed by atoms with Crippen molar-refractivity contribution < 1.29 is 19.7 Å². The van der Waals surface area contributed by atoms with E-state index in [0.29, 0.717) is 0 Å². The van der Waals surface area contributed by atoms with Crippen molar-refractivity contribution in [2.45, 2.75) is 36.7 Å². The van der Waals surface area contributed by atoms with E-state index in [1.54, 1.807) is 0 Å². The van der Waals surface area contributed by atoms with Gasteiger partial charge in [0.2, 0.25) is 0 Å². The predicted molar refractivity (Wildman–Crippen MR) is 65.9 cm³/mol. The first-order valence-electron chi connectivity index (χ1n) is 5.84. The number of nitrogens with zero attached hydrogens (tertiary/aromatic N) is 3. The minimum atomic E-state index is -1.13. The number of carbonyl (C=O) groups is 1. The molecule has 0 aliphatic carbocycles. The first-order valence-corrected chi connectivity index (χ1v) is 6.37. The zero-order chi connectivity index (χ0) is 13.6. The molecule has 3 N–H and O–H groups in total. The van der Waals surface area contributed by atoms with Crippen molar-refractivity contribution in [1.29, 1.82) is 0 Å². The summed E-state index contributed by atoms with van der Waals surface area (Å²) in [6, 6.07) is -0.659. The number of fused-ring (bicyclic) bond motifs is 1. The van der Waals surface area contributed by atoms with E-state index in [1.807, 2.05) is 0 Å². The standard InChI is InChI=1S/C10H13ClN4O4/c11-1-4-6(16)7(17)10(19-4)15-3-14-5-8(15)12-2-13-9(5)18/h2-8,10,16-17H,1H2,(H,12,13,18)/t4-,5?,6-,7-,8?,10-/m0/s1. The molecule has 19 heavy (non-hydrogen) atoms. The molecular weight excluding hydrogens is 276 g/mol. The van der Waals surface area contributed by atoms with E-state index in [-0.39, 0.29) is 11.8 Å². The van der Waals surface area contributed by atoms with E-state index in [2.05, 4.69) is 15.3 Å². The molecule has 3 rings (SSSR count). The second-order valence-corrected chi connectivity index (χ2v) is 4.87. The van der Waals surface area contributed by atoms with E-state index in [1.165, 1.54) is 17.6 Å². The smallest absolute Gasteiger partial charge is 0.254 e. The Hall–Kier alpha value is -1.22. The number of amides is 1. The minimum absolute atomic E-state index is 0.0670. The van der Waals surface area contributed by atoms with Gasteiger partial charge in [0.1, 0.15) is 18.3 Å². The van der Waals surface area contributed by atoms with Crippen molar-refractivity contribution >= 4 is 30.2 Å². The third-order valence-corrected chi connectivity index (χ3v) is 3.74. The molecule has 8 nitrogen and oxygen atoms in total. The fraction of sp³-hybridized carbons (Fsp3) is 0.700. The fourth-order valence-corrected chi connectivity index (χ4v) is 2.66. The van der Waals surface area contributed by atoms with E-state index in [4.69, 9.17) is 16.3 Å². The maximum Gasteiger partial charge on any atom is 0.254 e. The number of nitrogens with one attached hydrogen (secondary N) is 1. The molecule has 0 aromatic heterocycles. The molecule has 9 heteroatoms. The molecule has 1 saturated heterocycles. The third kappa shape index (κ3) is 1.91. The average molecular weight is 289 g/mol. The van der Waals surface area contributed by atoms with E-state index in [9.17, 15) is 15.0 Å². The Kier molecular flexibility index (Phi) is 3.17. The van der Waals surface area contributed by atoms with Crippen LogP contribution in [0.2, 0.25) is 0 Å². The number of ether oxygens (including phenoxy) is 1. The van der Waals surface area contributed by atoms with Crippen LogP contribution in [-0.4, -0.2) is 76.3 Å². The van der Waals surface area contributed by atoms with Gasteiger partial charge in [-0.1, -0.05) is 0 Å². The highest BCUT2D eigenvalue weighted by molar-refractivity contribution is 6.18. The molecule has 1 amide bonds. The second-order valence-electron chi connectivity index (χ2n) is 4.56. The summed E-state index contributed by atoms with van der Waals surface area (Å²) in [4.78, 5) is 21.3. The van der Waals surface area contributed by atoms with Gasteiger partial charge in [-0.3, -0.25) is 9.79 Å². The summed E-state index contributed by atoms with van der Waals surface area (Å²) < 4.78 is 5.50. The van der Waals surface area contributed by atoms with Crippen molar-refractivity contribution in [2.75, 3.05) is 5.88 Å². The molecule has 0 aromatic carbocycles. The topological polar surface area (TPSA) is 107 Å². The number of alkyl halides is 1. The van der Waals surface area contributed by atoms with E-state index < -0.39 is 36.7 Å². The molecule has 3 heterocycles. The molecule has 0 bridgehead atoms. The van der Waals surface area contributed by atoms with Crippen LogP contribution in [0.4, 0.5) is 0 Å². The number of hydrogen-bond donors (Lipinski definition) is 3. The first kappa shape index (κ1) is 12.8. The molecule has 104 valence electrons. The lowest BCUT2D eigenvalue weighted by molar-refractivity contribution is -0.123. The molecule has 0 saturated carbocycles. The molecule has 1 fully saturated rings. The lowest BCUT2D eigenvalue weighted by Crippen LogP contribution is -2.53. The quantitative estimate of drug-likeness (QED) is 0.503. The molecular formula is C10H13ClN4O4. The summed E-state index contributed by atoms with van der Waals surface area (Å²) in [5.74, 6) is -0.196. The SMILES string of the molecule is O=C1NC=NC2C1N=CN2[C@H]1O[C@@H](CCl)[C@H](O)[C@@H]1O. The van der Waals surface area contributed by atoms with Crippen LogP contribution in [-0.2, 0) is 9.53 Å². The van der Waals surface area contributed by atoms with E-state index >= 15 is 0 Å². The average Bonchev–Trinajstić information content (AvgIpc) is 2.94. The number of hydrogen-bond acceptors (Lipinski definition) is 7. The number of aliphatic hydroxyl groups excluding tert-OH is 2. The zero-order valence-electron chi connectivity index (χ0n) is 9.76. The van der Waals surface area contributed by atoms with Crippen molar-refractivity contribution in [2.24, 2.45) is 9.98 Å². The molecule has 0 spiro atoms. The summed E-state index contributed by atoms with van der Waals surface area (Å²) >= 11 is 5.66. The molecule has 2 unspecified atom stereocenters. The van der Waals surface area contributed by atoms with Crippen molar-refractivity contribution in [3.63, 3.8) is 0 Å². The van der Waals surface area contributed by atoms with Gasteiger partial charge in [-0.15, -0.1) is 11.6 Å². The molecule has 3 aliphatic heterocycles. The number of rotatable bonds is 2. The van der Waals surface area contributed by atoms with Gasteiger partial charge in [-0.2, -0.15) is 0 Å². The third-order valence-electron chi connectivity index (χ3n) is 3.43. The molecule has 0 radical (unpaired) electrons. The minimum Gasteiger partial charge on any atom is -0.387 e. The largest absolute Gasteiger partial charge is 0.387 e. The van der Waals surface area contributed by atoms with Crippen LogP contribution in [0.15, 0.2) is 9.98 Å². The lowest BCUT2D eigenvalue weighted by Gasteiger charge is -2.31. The van der Waals surface area contributed by atoms with Crippen LogP contribution in [0.25, 0.3) is 0 Å². The van der Waals surface area contributed by atoms with Gasteiger partial charge in [0, 0.05) is 0 Å². The maximum absolute atomic E-state index is 11.6. The van der Waals surface area contributed by atoms with Gasteiger partial charge >= 0.3 is 0 Å². The summed E-state index contributed by atoms with van der Waals surface area (Å²) in [5, 5.41) is 22.2. The molecule has 6 atom stereocenters. The van der Waals surface area contributed by atoms with Gasteiger partial charge in [0.15, 0.2) is 18.4 Å². The highest BCUT2D eigenvalue weighted by Gasteiger charge is 2.50. The Balaban J connectivity index is 1.81. The maximum atomic E-state index is 11.6. The van der Waals surface area contributed by atoms with Crippen LogP contribution in [0.3, 0.4) is 0 Å². The van der Waals surface area contributed by atoms with Gasteiger partial charge in [0.25, 0.3) is 5.91 Å². The monoisotopic (exact) mass is 288 g/mol. The highest BCUT2D eigenvalue weighted by atomic mass is 35.5. The second kappa shape index (κ2) is 4.71. The summed E-state index contributed by atoms with van der Waals surface area (Å²) in [5.41, 5.74) is 0.